The van der Waals surface area contributed by atoms with Crippen molar-refractivity contribution in [2.75, 3.05) is 11.5 Å². The molecule has 2 heterocycles. The van der Waals surface area contributed by atoms with E-state index in [1.807, 2.05) is 6.07 Å². The summed E-state index contributed by atoms with van der Waals surface area (Å²) in [5.74, 6) is -1.73. The van der Waals surface area contributed by atoms with Gasteiger partial charge in [-0.2, -0.15) is 0 Å². The minimum atomic E-state index is -0.699. The number of ether oxygens (including phenoxy) is 1. The van der Waals surface area contributed by atoms with E-state index in [-0.39, 0.29) is 40.5 Å². The van der Waals surface area contributed by atoms with Crippen LogP contribution < -0.4 is 4.90 Å². The zero-order valence-electron chi connectivity index (χ0n) is 22.4. The van der Waals surface area contributed by atoms with Crippen LogP contribution in [0.25, 0.3) is 22.2 Å². The van der Waals surface area contributed by atoms with Gasteiger partial charge in [0.25, 0.3) is 0 Å². The number of phenols is 1. The number of benzene rings is 3. The highest BCUT2D eigenvalue weighted by Crippen LogP contribution is 2.42. The number of aromatic nitrogens is 1. The smallest absolute Gasteiger partial charge is 0.339 e. The number of fused-ring (bicyclic) bond motifs is 2. The fourth-order valence-corrected chi connectivity index (χ4v) is 5.91. The number of amides is 2. The van der Waals surface area contributed by atoms with Crippen molar-refractivity contribution in [1.29, 1.82) is 0 Å². The Morgan fingerprint density at radius 3 is 2.39 bits per heavy atom. The third kappa shape index (κ3) is 4.86. The molecule has 41 heavy (non-hydrogen) atoms. The van der Waals surface area contributed by atoms with E-state index in [0.29, 0.717) is 33.8 Å². The molecule has 2 amide bonds. The normalized spacial score (nSPS) is 20.2. The van der Waals surface area contributed by atoms with Gasteiger partial charge in [-0.3, -0.25) is 19.3 Å². The summed E-state index contributed by atoms with van der Waals surface area (Å²) in [4.78, 5) is 58.0. The molecule has 3 aromatic carbocycles. The summed E-state index contributed by atoms with van der Waals surface area (Å²) in [7, 11) is 0. The number of imide groups is 1. The first-order valence-corrected chi connectivity index (χ1v) is 13.7. The van der Waals surface area contributed by atoms with E-state index >= 15 is 0 Å². The van der Waals surface area contributed by atoms with Crippen LogP contribution in [0, 0.1) is 17.8 Å². The Hall–Kier alpha value is -4.85. The Labute approximate surface area is 236 Å². The maximum atomic E-state index is 13.2. The van der Waals surface area contributed by atoms with Gasteiger partial charge in [-0.25, -0.2) is 9.78 Å². The number of nitrogens with zero attached hydrogens (tertiary/aromatic N) is 2. The standard InChI is InChI=1S/C33H28N2O6/c1-19-10-15-23-25(16-19)32(39)35(31(23)38)21-13-11-20(12-14-21)28-17-26(22-6-2-4-8-27(22)34-28)33(40)41-18-30(37)24-7-3-5-9-29(24)36/h2-9,11-14,17,19,23,25,36H,10,15-16,18H2,1H3. The molecule has 2 aliphatic rings. The van der Waals surface area contributed by atoms with Crippen LogP contribution in [0.2, 0.25) is 0 Å². The summed E-state index contributed by atoms with van der Waals surface area (Å²) in [6, 6.07) is 21.8. The van der Waals surface area contributed by atoms with E-state index in [1.54, 1.807) is 60.7 Å². The number of pyridine rings is 1. The zero-order chi connectivity index (χ0) is 28.7. The van der Waals surface area contributed by atoms with E-state index in [0.717, 1.165) is 19.3 Å². The lowest BCUT2D eigenvalue weighted by atomic mass is 9.76. The van der Waals surface area contributed by atoms with E-state index < -0.39 is 18.4 Å². The molecule has 3 atom stereocenters. The first-order chi connectivity index (χ1) is 19.8. The van der Waals surface area contributed by atoms with Crippen molar-refractivity contribution in [3.63, 3.8) is 0 Å². The van der Waals surface area contributed by atoms with Gasteiger partial charge in [0.1, 0.15) is 5.75 Å². The van der Waals surface area contributed by atoms with Gasteiger partial charge in [0.2, 0.25) is 17.6 Å². The average molecular weight is 549 g/mol. The van der Waals surface area contributed by atoms with Gasteiger partial charge in [-0.05, 0) is 61.6 Å². The van der Waals surface area contributed by atoms with Gasteiger partial charge in [0.15, 0.2) is 6.61 Å². The summed E-state index contributed by atoms with van der Waals surface area (Å²) in [6.07, 6.45) is 2.43. The Morgan fingerprint density at radius 2 is 1.61 bits per heavy atom. The number of hydrogen-bond acceptors (Lipinski definition) is 7. The monoisotopic (exact) mass is 548 g/mol. The molecule has 8 heteroatoms. The van der Waals surface area contributed by atoms with Crippen LogP contribution in [0.4, 0.5) is 5.69 Å². The number of hydrogen-bond donors (Lipinski definition) is 1. The van der Waals surface area contributed by atoms with Crippen molar-refractivity contribution in [3.05, 3.63) is 90.0 Å². The summed E-state index contributed by atoms with van der Waals surface area (Å²) in [6.45, 7) is 1.59. The Morgan fingerprint density at radius 1 is 0.902 bits per heavy atom. The topological polar surface area (TPSA) is 114 Å². The lowest BCUT2D eigenvalue weighted by Gasteiger charge is -2.25. The number of carbonyl (C=O) groups excluding carboxylic acids is 4. The van der Waals surface area contributed by atoms with Crippen molar-refractivity contribution in [2.45, 2.75) is 26.2 Å². The molecule has 1 aliphatic heterocycles. The Bertz CT molecular complexity index is 1700. The number of aromatic hydroxyl groups is 1. The number of esters is 1. The van der Waals surface area contributed by atoms with Crippen LogP contribution >= 0.6 is 0 Å². The number of ketones is 1. The molecule has 2 fully saturated rings. The van der Waals surface area contributed by atoms with Crippen LogP contribution in [-0.2, 0) is 14.3 Å². The zero-order valence-corrected chi connectivity index (χ0v) is 22.4. The SMILES string of the molecule is CC1CCC2C(=O)N(c3ccc(-c4cc(C(=O)OCC(=O)c5ccccc5O)c5ccccc5n4)cc3)C(=O)C2C1. The minimum absolute atomic E-state index is 0.0735. The summed E-state index contributed by atoms with van der Waals surface area (Å²) < 4.78 is 5.35. The van der Waals surface area contributed by atoms with Crippen molar-refractivity contribution in [1.82, 2.24) is 4.98 Å². The van der Waals surface area contributed by atoms with Gasteiger partial charge in [0.05, 0.1) is 39.9 Å². The predicted octanol–water partition coefficient (Wildman–Crippen LogP) is 5.57. The third-order valence-electron chi connectivity index (χ3n) is 8.08. The summed E-state index contributed by atoms with van der Waals surface area (Å²) in [5, 5.41) is 10.5. The molecule has 1 saturated carbocycles. The number of carbonyl (C=O) groups is 4. The molecule has 4 aromatic rings. The van der Waals surface area contributed by atoms with Crippen molar-refractivity contribution >= 4 is 40.2 Å². The molecule has 0 radical (unpaired) electrons. The van der Waals surface area contributed by atoms with E-state index in [9.17, 15) is 24.3 Å². The van der Waals surface area contributed by atoms with Gasteiger partial charge in [-0.15, -0.1) is 0 Å². The third-order valence-corrected chi connectivity index (χ3v) is 8.08. The van der Waals surface area contributed by atoms with Gasteiger partial charge < -0.3 is 9.84 Å². The molecule has 1 aromatic heterocycles. The van der Waals surface area contributed by atoms with E-state index in [1.165, 1.54) is 17.0 Å². The van der Waals surface area contributed by atoms with Gasteiger partial charge >= 0.3 is 5.97 Å². The van der Waals surface area contributed by atoms with Crippen LogP contribution in [0.1, 0.15) is 46.9 Å². The maximum absolute atomic E-state index is 13.2. The number of anilines is 1. The number of para-hydroxylation sites is 2. The highest BCUT2D eigenvalue weighted by molar-refractivity contribution is 6.22. The number of rotatable bonds is 6. The summed E-state index contributed by atoms with van der Waals surface area (Å²) >= 11 is 0. The van der Waals surface area contributed by atoms with E-state index in [4.69, 9.17) is 9.72 Å². The second-order valence-corrected chi connectivity index (χ2v) is 10.8. The fourth-order valence-electron chi connectivity index (χ4n) is 5.91. The predicted molar refractivity (Wildman–Crippen MR) is 152 cm³/mol. The minimum Gasteiger partial charge on any atom is -0.507 e. The molecule has 6 rings (SSSR count). The second kappa shape index (κ2) is 10.6. The van der Waals surface area contributed by atoms with Gasteiger partial charge in [0, 0.05) is 10.9 Å². The molecule has 0 spiro atoms. The highest BCUT2D eigenvalue weighted by atomic mass is 16.5. The maximum Gasteiger partial charge on any atom is 0.339 e. The van der Waals surface area contributed by atoms with Crippen LogP contribution in [-0.4, -0.2) is 40.3 Å². The van der Waals surface area contributed by atoms with Crippen LogP contribution in [0.3, 0.4) is 0 Å². The van der Waals surface area contributed by atoms with Crippen LogP contribution in [0.15, 0.2) is 78.9 Å². The molecular weight excluding hydrogens is 520 g/mol. The Balaban J connectivity index is 1.26. The molecule has 1 aliphatic carbocycles. The molecule has 1 N–H and O–H groups in total. The number of Topliss-reactive ketones (excluding diaryl/α,β-unsaturated/α-hetero) is 1. The highest BCUT2D eigenvalue weighted by Gasteiger charge is 2.49. The van der Waals surface area contributed by atoms with Crippen molar-refractivity contribution in [2.24, 2.45) is 17.8 Å². The molecular formula is C33H28N2O6. The first kappa shape index (κ1) is 26.4. The van der Waals surface area contributed by atoms with Crippen molar-refractivity contribution < 1.29 is 29.0 Å². The first-order valence-electron chi connectivity index (χ1n) is 13.7. The molecule has 1 saturated heterocycles. The van der Waals surface area contributed by atoms with Gasteiger partial charge in [-0.1, -0.05) is 49.4 Å². The number of phenolic OH excluding ortho intramolecular Hbond substituents is 1. The molecule has 3 unspecified atom stereocenters. The molecule has 8 nitrogen and oxygen atoms in total. The average Bonchev–Trinajstić information content (AvgIpc) is 3.23. The lowest BCUT2D eigenvalue weighted by molar-refractivity contribution is -0.122. The second-order valence-electron chi connectivity index (χ2n) is 10.8. The Kier molecular flexibility index (Phi) is 6.83. The van der Waals surface area contributed by atoms with Crippen LogP contribution in [0.5, 0.6) is 5.75 Å². The summed E-state index contributed by atoms with van der Waals surface area (Å²) in [5.41, 5.74) is 2.58. The lowest BCUT2D eigenvalue weighted by Crippen LogP contribution is -2.30. The largest absolute Gasteiger partial charge is 0.507 e. The quantitative estimate of drug-likeness (QED) is 0.190. The van der Waals surface area contributed by atoms with E-state index in [2.05, 4.69) is 6.92 Å². The molecule has 206 valence electrons. The van der Waals surface area contributed by atoms with Crippen molar-refractivity contribution in [3.8, 4) is 17.0 Å². The fraction of sp³-hybridized carbons (Fsp3) is 0.242. The molecule has 0 bridgehead atoms.